The van der Waals surface area contributed by atoms with E-state index >= 15 is 0 Å². The molecule has 0 aliphatic heterocycles. The van der Waals surface area contributed by atoms with Gasteiger partial charge in [0.05, 0.1) is 30.3 Å². The number of nitrogens with zero attached hydrogens (tertiary/aromatic N) is 1. The predicted octanol–water partition coefficient (Wildman–Crippen LogP) is 5.83. The van der Waals surface area contributed by atoms with Crippen molar-refractivity contribution in [1.29, 1.82) is 0 Å². The fraction of sp³-hybridized carbons (Fsp3) is 0.280. The van der Waals surface area contributed by atoms with Crippen LogP contribution in [0.3, 0.4) is 0 Å². The molecule has 0 radical (unpaired) electrons. The van der Waals surface area contributed by atoms with Crippen LogP contribution in [-0.2, 0) is 12.8 Å². The van der Waals surface area contributed by atoms with Gasteiger partial charge >= 0.3 is 0 Å². The fourth-order valence-corrected chi connectivity index (χ4v) is 5.52. The first kappa shape index (κ1) is 20.6. The predicted molar refractivity (Wildman–Crippen MR) is 128 cm³/mol. The van der Waals surface area contributed by atoms with E-state index in [1.54, 1.807) is 36.6 Å². The summed E-state index contributed by atoms with van der Waals surface area (Å²) in [5.74, 6) is 1.80. The van der Waals surface area contributed by atoms with Crippen molar-refractivity contribution < 1.29 is 14.3 Å². The molecule has 0 saturated heterocycles. The Morgan fingerprint density at radius 2 is 2.00 bits per heavy atom. The zero-order valence-electron chi connectivity index (χ0n) is 18.2. The summed E-state index contributed by atoms with van der Waals surface area (Å²) >= 11 is 1.66. The third-order valence-corrected chi connectivity index (χ3v) is 6.96. The topological polar surface area (TPSA) is 76.2 Å². The van der Waals surface area contributed by atoms with Crippen molar-refractivity contribution in [3.05, 3.63) is 58.5 Å². The van der Waals surface area contributed by atoms with Crippen LogP contribution in [0.2, 0.25) is 0 Å². The molecule has 0 unspecified atom stereocenters. The van der Waals surface area contributed by atoms with Crippen LogP contribution in [0, 0.1) is 0 Å². The van der Waals surface area contributed by atoms with Crippen molar-refractivity contribution in [2.75, 3.05) is 19.0 Å². The van der Waals surface area contributed by atoms with Crippen LogP contribution in [-0.4, -0.2) is 29.6 Å². The summed E-state index contributed by atoms with van der Waals surface area (Å²) in [4.78, 5) is 22.8. The monoisotopic (exact) mass is 447 g/mol. The lowest BCUT2D eigenvalue weighted by atomic mass is 9.95. The highest BCUT2D eigenvalue weighted by molar-refractivity contribution is 7.17. The van der Waals surface area contributed by atoms with Crippen molar-refractivity contribution in [2.24, 2.45) is 0 Å². The Hall–Kier alpha value is -3.32. The number of carbonyl (C=O) groups is 1. The molecule has 1 amide bonds. The van der Waals surface area contributed by atoms with Crippen molar-refractivity contribution >= 4 is 33.3 Å². The summed E-state index contributed by atoms with van der Waals surface area (Å²) in [5, 5.41) is 3.99. The molecule has 2 heterocycles. The number of H-pyrrole nitrogens is 1. The lowest BCUT2D eigenvalue weighted by molar-refractivity contribution is 0.102. The Bertz CT molecular complexity index is 1260. The maximum atomic E-state index is 13.2. The number of methoxy groups -OCH3 is 1. The number of thiophene rings is 1. The molecule has 0 fully saturated rings. The average molecular weight is 448 g/mol. The van der Waals surface area contributed by atoms with Gasteiger partial charge in [-0.1, -0.05) is 12.1 Å². The molecule has 0 spiro atoms. The molecule has 1 aliphatic carbocycles. The lowest BCUT2D eigenvalue weighted by Gasteiger charge is -2.12. The molecule has 0 bridgehead atoms. The summed E-state index contributed by atoms with van der Waals surface area (Å²) in [6, 6.07) is 13.3. The minimum absolute atomic E-state index is 0.178. The zero-order valence-corrected chi connectivity index (χ0v) is 19.0. The number of aryl methyl sites for hydroxylation is 1. The molecule has 0 atom stereocenters. The van der Waals surface area contributed by atoms with E-state index < -0.39 is 0 Å². The molecule has 2 aromatic heterocycles. The SMILES string of the molecule is CCOc1ccc(C(=O)Nc2sc3c(c2-c2nc4ccccc4[nH]2)CCCC3)cc1OC. The van der Waals surface area contributed by atoms with Gasteiger partial charge in [-0.05, 0) is 68.5 Å². The molecule has 7 heteroatoms. The van der Waals surface area contributed by atoms with E-state index in [2.05, 4.69) is 10.3 Å². The maximum Gasteiger partial charge on any atom is 0.256 e. The van der Waals surface area contributed by atoms with E-state index in [-0.39, 0.29) is 5.91 Å². The van der Waals surface area contributed by atoms with Crippen molar-refractivity contribution in [1.82, 2.24) is 9.97 Å². The van der Waals surface area contributed by atoms with Gasteiger partial charge in [0.2, 0.25) is 0 Å². The number of nitrogens with one attached hydrogen (secondary N) is 2. The number of amides is 1. The normalized spacial score (nSPS) is 13.1. The summed E-state index contributed by atoms with van der Waals surface area (Å²) < 4.78 is 11.0. The van der Waals surface area contributed by atoms with Crippen LogP contribution in [0.5, 0.6) is 11.5 Å². The number of imidazole rings is 1. The van der Waals surface area contributed by atoms with Gasteiger partial charge in [-0.3, -0.25) is 4.79 Å². The Labute approximate surface area is 190 Å². The van der Waals surface area contributed by atoms with E-state index in [0.29, 0.717) is 23.7 Å². The second kappa shape index (κ2) is 8.67. The second-order valence-electron chi connectivity index (χ2n) is 7.77. The van der Waals surface area contributed by atoms with Crippen molar-refractivity contribution in [3.8, 4) is 22.9 Å². The molecule has 2 N–H and O–H groups in total. The highest BCUT2D eigenvalue weighted by atomic mass is 32.1. The highest BCUT2D eigenvalue weighted by Crippen LogP contribution is 2.44. The number of fused-ring (bicyclic) bond motifs is 2. The van der Waals surface area contributed by atoms with E-state index in [0.717, 1.165) is 46.7 Å². The molecule has 164 valence electrons. The number of hydrogen-bond acceptors (Lipinski definition) is 5. The second-order valence-corrected chi connectivity index (χ2v) is 8.88. The molecule has 2 aromatic carbocycles. The van der Waals surface area contributed by atoms with Gasteiger partial charge in [-0.2, -0.15) is 0 Å². The van der Waals surface area contributed by atoms with E-state index in [1.807, 2.05) is 31.2 Å². The lowest BCUT2D eigenvalue weighted by Crippen LogP contribution is -2.12. The van der Waals surface area contributed by atoms with Gasteiger partial charge in [0.1, 0.15) is 10.8 Å². The number of rotatable bonds is 6. The van der Waals surface area contributed by atoms with Crippen LogP contribution in [0.1, 0.15) is 40.6 Å². The first-order chi connectivity index (χ1) is 15.7. The van der Waals surface area contributed by atoms with Gasteiger partial charge in [0.15, 0.2) is 11.5 Å². The van der Waals surface area contributed by atoms with Crippen molar-refractivity contribution in [3.63, 3.8) is 0 Å². The van der Waals surface area contributed by atoms with Gasteiger partial charge in [0, 0.05) is 10.4 Å². The van der Waals surface area contributed by atoms with Gasteiger partial charge in [0.25, 0.3) is 5.91 Å². The average Bonchev–Trinajstić information content (AvgIpc) is 3.39. The standard InChI is InChI=1S/C25H25N3O3S/c1-3-31-19-13-12-15(14-20(19)30-2)24(29)28-25-22(16-8-4-7-11-21(16)32-25)23-26-17-9-5-6-10-18(17)27-23/h5-6,9-10,12-14H,3-4,7-8,11H2,1-2H3,(H,26,27)(H,28,29). The number of hydrogen-bond donors (Lipinski definition) is 2. The minimum Gasteiger partial charge on any atom is -0.493 e. The number of para-hydroxylation sites is 2. The van der Waals surface area contributed by atoms with Gasteiger partial charge in [-0.15, -0.1) is 11.3 Å². The Balaban J connectivity index is 1.52. The number of aromatic nitrogens is 2. The molecule has 32 heavy (non-hydrogen) atoms. The summed E-state index contributed by atoms with van der Waals surface area (Å²) in [6.07, 6.45) is 4.38. The van der Waals surface area contributed by atoms with Crippen LogP contribution < -0.4 is 14.8 Å². The Morgan fingerprint density at radius 3 is 2.81 bits per heavy atom. The van der Waals surface area contributed by atoms with Crippen molar-refractivity contribution in [2.45, 2.75) is 32.6 Å². The number of ether oxygens (including phenoxy) is 2. The third-order valence-electron chi connectivity index (χ3n) is 5.75. The van der Waals surface area contributed by atoms with Crippen LogP contribution in [0.15, 0.2) is 42.5 Å². The smallest absolute Gasteiger partial charge is 0.256 e. The van der Waals surface area contributed by atoms with Crippen LogP contribution >= 0.6 is 11.3 Å². The first-order valence-corrected chi connectivity index (χ1v) is 11.7. The number of anilines is 1. The van der Waals surface area contributed by atoms with E-state index in [1.165, 1.54) is 16.9 Å². The molecule has 6 nitrogen and oxygen atoms in total. The molecular weight excluding hydrogens is 422 g/mol. The largest absolute Gasteiger partial charge is 0.493 e. The van der Waals surface area contributed by atoms with Crippen LogP contribution in [0.25, 0.3) is 22.4 Å². The molecular formula is C25H25N3O3S. The number of benzene rings is 2. The quantitative estimate of drug-likeness (QED) is 0.390. The first-order valence-electron chi connectivity index (χ1n) is 10.9. The summed E-state index contributed by atoms with van der Waals surface area (Å²) in [5.41, 5.74) is 4.76. The molecule has 1 aliphatic rings. The number of carbonyl (C=O) groups excluding carboxylic acids is 1. The number of aromatic amines is 1. The molecule has 5 rings (SSSR count). The Kier molecular flexibility index (Phi) is 5.57. The van der Waals surface area contributed by atoms with E-state index in [4.69, 9.17) is 14.5 Å². The Morgan fingerprint density at radius 1 is 1.16 bits per heavy atom. The summed E-state index contributed by atoms with van der Waals surface area (Å²) in [7, 11) is 1.58. The maximum absolute atomic E-state index is 13.2. The zero-order chi connectivity index (χ0) is 22.1. The molecule has 0 saturated carbocycles. The van der Waals surface area contributed by atoms with Gasteiger partial charge in [-0.25, -0.2) is 4.98 Å². The minimum atomic E-state index is -0.178. The van der Waals surface area contributed by atoms with E-state index in [9.17, 15) is 4.79 Å². The van der Waals surface area contributed by atoms with Crippen LogP contribution in [0.4, 0.5) is 5.00 Å². The summed E-state index contributed by atoms with van der Waals surface area (Å²) in [6.45, 7) is 2.45. The third kappa shape index (κ3) is 3.73. The van der Waals surface area contributed by atoms with Gasteiger partial charge < -0.3 is 19.8 Å². The molecule has 4 aromatic rings. The highest BCUT2D eigenvalue weighted by Gasteiger charge is 2.25. The fourth-order valence-electron chi connectivity index (χ4n) is 4.23.